The quantitative estimate of drug-likeness (QED) is 0.426. The summed E-state index contributed by atoms with van der Waals surface area (Å²) in [6.45, 7) is 4.92. The molecule has 39 heavy (non-hydrogen) atoms. The molecule has 0 saturated heterocycles. The Morgan fingerprint density at radius 1 is 1.28 bits per heavy atom. The monoisotopic (exact) mass is 554 g/mol. The third-order valence-corrected chi connectivity index (χ3v) is 7.10. The van der Waals surface area contributed by atoms with Crippen molar-refractivity contribution in [3.8, 4) is 5.75 Å². The molecular weight excluding hydrogens is 523 g/mol. The summed E-state index contributed by atoms with van der Waals surface area (Å²) in [7, 11) is 1.92. The van der Waals surface area contributed by atoms with E-state index >= 15 is 0 Å². The number of rotatable bonds is 8. The number of aliphatic hydroxyl groups excluding tert-OH is 1. The van der Waals surface area contributed by atoms with Crippen LogP contribution in [-0.4, -0.2) is 70.6 Å². The van der Waals surface area contributed by atoms with E-state index in [2.05, 4.69) is 10.3 Å². The van der Waals surface area contributed by atoms with Crippen molar-refractivity contribution in [1.29, 1.82) is 0 Å². The highest BCUT2D eigenvalue weighted by Gasteiger charge is 2.34. The number of hydrogen-bond acceptors (Lipinski definition) is 6. The van der Waals surface area contributed by atoms with E-state index in [1.165, 1.54) is 18.5 Å². The molecule has 0 unspecified atom stereocenters. The lowest BCUT2D eigenvalue weighted by Gasteiger charge is -2.38. The van der Waals surface area contributed by atoms with Crippen molar-refractivity contribution >= 4 is 29.1 Å². The maximum absolute atomic E-state index is 13.6. The van der Waals surface area contributed by atoms with Crippen molar-refractivity contribution in [2.45, 2.75) is 32.5 Å². The van der Waals surface area contributed by atoms with E-state index in [0.717, 1.165) is 5.56 Å². The topological polar surface area (TPSA) is 95.0 Å². The number of hydrogen-bond donors (Lipinski definition) is 2. The number of aliphatic hydroxyl groups is 1. The number of benzene rings is 2. The predicted octanol–water partition coefficient (Wildman–Crippen LogP) is 4.48. The maximum Gasteiger partial charge on any atom is 0.258 e. The van der Waals surface area contributed by atoms with E-state index in [-0.39, 0.29) is 41.2 Å². The Bertz CT molecular complexity index is 1330. The van der Waals surface area contributed by atoms with Crippen LogP contribution in [0.3, 0.4) is 0 Å². The molecule has 0 aliphatic carbocycles. The highest BCUT2D eigenvalue weighted by atomic mass is 35.5. The molecule has 2 heterocycles. The van der Waals surface area contributed by atoms with Crippen LogP contribution in [0.15, 0.2) is 60.9 Å². The second-order valence-electron chi connectivity index (χ2n) is 9.94. The zero-order chi connectivity index (χ0) is 28.1. The zero-order valence-corrected chi connectivity index (χ0v) is 22.9. The van der Waals surface area contributed by atoms with Gasteiger partial charge in [0, 0.05) is 43.5 Å². The van der Waals surface area contributed by atoms with Crippen molar-refractivity contribution < 1.29 is 23.8 Å². The number of nitrogens with zero attached hydrogens (tertiary/aromatic N) is 3. The van der Waals surface area contributed by atoms with E-state index in [4.69, 9.17) is 16.3 Å². The lowest BCUT2D eigenvalue weighted by atomic mass is 9.98. The minimum Gasteiger partial charge on any atom is -0.486 e. The largest absolute Gasteiger partial charge is 0.486 e. The molecule has 0 radical (unpaired) electrons. The number of amides is 2. The van der Waals surface area contributed by atoms with Gasteiger partial charge < -0.3 is 20.1 Å². The normalized spacial score (nSPS) is 18.1. The van der Waals surface area contributed by atoms with Gasteiger partial charge in [-0.3, -0.25) is 19.5 Å². The predicted molar refractivity (Wildman–Crippen MR) is 148 cm³/mol. The molecule has 2 aromatic carbocycles. The van der Waals surface area contributed by atoms with E-state index < -0.39 is 11.9 Å². The summed E-state index contributed by atoms with van der Waals surface area (Å²) in [6, 6.07) is 12.4. The van der Waals surface area contributed by atoms with Crippen LogP contribution in [0.1, 0.15) is 40.1 Å². The van der Waals surface area contributed by atoms with Crippen molar-refractivity contribution in [3.63, 3.8) is 0 Å². The molecule has 206 valence electrons. The first-order chi connectivity index (χ1) is 18.7. The van der Waals surface area contributed by atoms with Gasteiger partial charge >= 0.3 is 0 Å². The average Bonchev–Trinajstić information content (AvgIpc) is 2.93. The first kappa shape index (κ1) is 28.5. The fourth-order valence-electron chi connectivity index (χ4n) is 4.58. The van der Waals surface area contributed by atoms with Crippen LogP contribution >= 0.6 is 11.6 Å². The molecule has 0 saturated carbocycles. The molecule has 0 spiro atoms. The lowest BCUT2D eigenvalue weighted by Crippen LogP contribution is -2.49. The van der Waals surface area contributed by atoms with Crippen molar-refractivity contribution in [2.24, 2.45) is 5.92 Å². The fraction of sp³-hybridized carbons (Fsp3) is 0.345. The van der Waals surface area contributed by atoms with Crippen LogP contribution < -0.4 is 10.1 Å². The molecule has 1 aromatic heterocycles. The third kappa shape index (κ3) is 6.73. The van der Waals surface area contributed by atoms with Gasteiger partial charge in [0.15, 0.2) is 5.75 Å². The Labute approximate surface area is 232 Å². The Hall–Kier alpha value is -3.53. The molecule has 0 fully saturated rings. The Morgan fingerprint density at radius 3 is 2.72 bits per heavy atom. The van der Waals surface area contributed by atoms with Crippen molar-refractivity contribution in [3.05, 3.63) is 88.5 Å². The molecule has 8 nitrogen and oxygen atoms in total. The lowest BCUT2D eigenvalue weighted by molar-refractivity contribution is 0.0343. The minimum absolute atomic E-state index is 0.0622. The molecule has 10 heteroatoms. The van der Waals surface area contributed by atoms with Crippen LogP contribution in [-0.2, 0) is 6.54 Å². The molecule has 2 N–H and O–H groups in total. The van der Waals surface area contributed by atoms with E-state index in [9.17, 15) is 19.1 Å². The molecule has 3 atom stereocenters. The number of carbonyl (C=O) groups is 2. The first-order valence-electron chi connectivity index (χ1n) is 12.7. The van der Waals surface area contributed by atoms with Crippen LogP contribution in [0.4, 0.5) is 10.1 Å². The van der Waals surface area contributed by atoms with Gasteiger partial charge in [0.1, 0.15) is 11.9 Å². The summed E-state index contributed by atoms with van der Waals surface area (Å²) in [5.74, 6) is -0.972. The number of ether oxygens (including phenoxy) is 1. The van der Waals surface area contributed by atoms with Crippen molar-refractivity contribution in [1.82, 2.24) is 14.8 Å². The molecule has 0 bridgehead atoms. The number of anilines is 1. The van der Waals surface area contributed by atoms with Gasteiger partial charge in [-0.2, -0.15) is 0 Å². The Balaban J connectivity index is 1.66. The van der Waals surface area contributed by atoms with Gasteiger partial charge in [-0.25, -0.2) is 4.39 Å². The highest BCUT2D eigenvalue weighted by molar-refractivity contribution is 6.30. The number of para-hydroxylation sites is 1. The average molecular weight is 555 g/mol. The number of nitrogens with one attached hydrogen (secondary N) is 1. The molecule has 1 aliphatic heterocycles. The van der Waals surface area contributed by atoms with Gasteiger partial charge in [-0.1, -0.05) is 30.7 Å². The standard InChI is InChI=1S/C29H32ClFN4O4/c1-18-14-35(19(2)17-36)29(38)22-5-4-6-25(33-28(37)21-9-11-32-12-10-21)27(22)39-26(18)16-34(3)15-20-7-8-24(31)23(30)13-20/h4-13,18-19,26,36H,14-17H2,1-3H3,(H,33,37)/t18-,19-,26+/m0/s1. The Kier molecular flexibility index (Phi) is 9.16. The summed E-state index contributed by atoms with van der Waals surface area (Å²) in [5.41, 5.74) is 1.93. The minimum atomic E-state index is -0.472. The molecule has 1 aliphatic rings. The maximum atomic E-state index is 13.6. The van der Waals surface area contributed by atoms with Crippen LogP contribution in [0.2, 0.25) is 5.02 Å². The van der Waals surface area contributed by atoms with Crippen LogP contribution in [0, 0.1) is 11.7 Å². The van der Waals surface area contributed by atoms with E-state index in [1.807, 2.05) is 18.9 Å². The number of likely N-dealkylation sites (N-methyl/N-ethyl adjacent to an activating group) is 1. The molecular formula is C29H32ClFN4O4. The molecule has 2 amide bonds. The first-order valence-corrected chi connectivity index (χ1v) is 13.1. The van der Waals surface area contributed by atoms with Gasteiger partial charge in [0.05, 0.1) is 28.9 Å². The number of aromatic nitrogens is 1. The summed E-state index contributed by atoms with van der Waals surface area (Å²) in [6.07, 6.45) is 2.67. The zero-order valence-electron chi connectivity index (χ0n) is 22.1. The molecule has 4 rings (SSSR count). The molecule has 3 aromatic rings. The smallest absolute Gasteiger partial charge is 0.258 e. The van der Waals surface area contributed by atoms with Gasteiger partial charge in [-0.15, -0.1) is 0 Å². The van der Waals surface area contributed by atoms with Gasteiger partial charge in [0.2, 0.25) is 0 Å². The number of pyridine rings is 1. The highest BCUT2D eigenvalue weighted by Crippen LogP contribution is 2.35. The summed E-state index contributed by atoms with van der Waals surface area (Å²) >= 11 is 5.97. The summed E-state index contributed by atoms with van der Waals surface area (Å²) in [4.78, 5) is 34.2. The number of halogens is 2. The summed E-state index contributed by atoms with van der Waals surface area (Å²) < 4.78 is 20.2. The van der Waals surface area contributed by atoms with Crippen LogP contribution in [0.5, 0.6) is 5.75 Å². The number of carbonyl (C=O) groups excluding carboxylic acids is 2. The van der Waals surface area contributed by atoms with E-state index in [0.29, 0.717) is 36.4 Å². The van der Waals surface area contributed by atoms with Gasteiger partial charge in [0.25, 0.3) is 11.8 Å². The van der Waals surface area contributed by atoms with Gasteiger partial charge in [-0.05, 0) is 55.9 Å². The second kappa shape index (κ2) is 12.5. The second-order valence-corrected chi connectivity index (χ2v) is 10.3. The summed E-state index contributed by atoms with van der Waals surface area (Å²) in [5, 5.41) is 12.8. The Morgan fingerprint density at radius 2 is 2.03 bits per heavy atom. The number of fused-ring (bicyclic) bond motifs is 1. The SMILES string of the molecule is C[C@H]1CN([C@@H](C)CO)C(=O)c2cccc(NC(=O)c3ccncc3)c2O[C@@H]1CN(C)Cc1ccc(F)c(Cl)c1. The van der Waals surface area contributed by atoms with E-state index in [1.54, 1.807) is 54.3 Å². The van der Waals surface area contributed by atoms with Crippen molar-refractivity contribution in [2.75, 3.05) is 32.1 Å². The fourth-order valence-corrected chi connectivity index (χ4v) is 4.78. The third-order valence-electron chi connectivity index (χ3n) is 6.81. The van der Waals surface area contributed by atoms with Crippen LogP contribution in [0.25, 0.3) is 0 Å².